The highest BCUT2D eigenvalue weighted by molar-refractivity contribution is 5.91. The van der Waals surface area contributed by atoms with E-state index in [4.69, 9.17) is 5.26 Å². The number of aryl methyl sites for hydroxylation is 1. The zero-order valence-corrected chi connectivity index (χ0v) is 13.5. The summed E-state index contributed by atoms with van der Waals surface area (Å²) in [5.41, 5.74) is 4.17. The summed E-state index contributed by atoms with van der Waals surface area (Å²) < 4.78 is 0. The van der Waals surface area contributed by atoms with Crippen molar-refractivity contribution >= 4 is 11.7 Å². The molecular weight excluding hydrogens is 302 g/mol. The second-order valence-electron chi connectivity index (χ2n) is 5.91. The summed E-state index contributed by atoms with van der Waals surface area (Å²) in [6.45, 7) is 2.30. The first kappa shape index (κ1) is 16.0. The Morgan fingerprint density at radius 1 is 1.38 bits per heavy atom. The van der Waals surface area contributed by atoms with Crippen molar-refractivity contribution in [2.24, 2.45) is 0 Å². The van der Waals surface area contributed by atoms with Crippen molar-refractivity contribution in [2.45, 2.75) is 19.4 Å². The first-order valence-corrected chi connectivity index (χ1v) is 7.91. The molecular formula is C19H19N3O2. The molecule has 0 radical (unpaired) electrons. The van der Waals surface area contributed by atoms with Crippen LogP contribution in [-0.2, 0) is 6.42 Å². The number of nitrogens with zero attached hydrogens (tertiary/aromatic N) is 2. The summed E-state index contributed by atoms with van der Waals surface area (Å²) in [4.78, 5) is 14.4. The lowest BCUT2D eigenvalue weighted by Crippen LogP contribution is -2.44. The minimum absolute atomic E-state index is 0.123. The molecule has 3 rings (SSSR count). The van der Waals surface area contributed by atoms with Crippen LogP contribution in [0, 0.1) is 18.3 Å². The molecule has 1 atom stereocenters. The number of aliphatic hydroxyl groups is 1. The second kappa shape index (κ2) is 6.73. The average molecular weight is 321 g/mol. The number of urea groups is 1. The molecule has 0 fully saturated rings. The van der Waals surface area contributed by atoms with Gasteiger partial charge in [-0.25, -0.2) is 4.79 Å². The van der Waals surface area contributed by atoms with E-state index in [1.54, 1.807) is 17.0 Å². The van der Waals surface area contributed by atoms with Crippen LogP contribution in [0.4, 0.5) is 10.5 Å². The van der Waals surface area contributed by atoms with Gasteiger partial charge in [0.25, 0.3) is 0 Å². The first-order valence-electron chi connectivity index (χ1n) is 7.91. The number of carbonyl (C=O) groups is 1. The summed E-state index contributed by atoms with van der Waals surface area (Å²) in [6.07, 6.45) is 0.761. The quantitative estimate of drug-likeness (QED) is 0.893. The van der Waals surface area contributed by atoms with Gasteiger partial charge in [0.2, 0.25) is 0 Å². The van der Waals surface area contributed by atoms with Gasteiger partial charge in [-0.15, -0.1) is 0 Å². The average Bonchev–Trinajstić information content (AvgIpc) is 2.62. The minimum Gasteiger partial charge on any atom is -0.394 e. The Bertz CT molecular complexity index is 810. The van der Waals surface area contributed by atoms with E-state index in [-0.39, 0.29) is 18.7 Å². The van der Waals surface area contributed by atoms with E-state index in [1.165, 1.54) is 5.56 Å². The topological polar surface area (TPSA) is 76.4 Å². The Morgan fingerprint density at radius 3 is 2.92 bits per heavy atom. The Hall–Kier alpha value is -2.84. The van der Waals surface area contributed by atoms with Gasteiger partial charge < -0.3 is 15.3 Å². The molecule has 0 spiro atoms. The molecule has 2 aromatic carbocycles. The predicted molar refractivity (Wildman–Crippen MR) is 91.6 cm³/mol. The number of fused-ring (bicyclic) bond motifs is 1. The van der Waals surface area contributed by atoms with E-state index >= 15 is 0 Å². The van der Waals surface area contributed by atoms with E-state index in [0.29, 0.717) is 17.8 Å². The molecule has 5 nitrogen and oxygen atoms in total. The van der Waals surface area contributed by atoms with Crippen molar-refractivity contribution in [2.75, 3.05) is 18.5 Å². The number of amides is 2. The third-order valence-electron chi connectivity index (χ3n) is 4.45. The zero-order chi connectivity index (χ0) is 17.1. The Morgan fingerprint density at radius 2 is 2.17 bits per heavy atom. The Balaban J connectivity index is 1.84. The molecule has 2 N–H and O–H groups in total. The molecule has 1 unspecified atom stereocenters. The minimum atomic E-state index is -0.352. The van der Waals surface area contributed by atoms with Gasteiger partial charge >= 0.3 is 6.03 Å². The van der Waals surface area contributed by atoms with Crippen LogP contribution < -0.4 is 5.32 Å². The van der Waals surface area contributed by atoms with Gasteiger partial charge in [-0.2, -0.15) is 5.26 Å². The standard InChI is InChI=1S/C19H19N3O2/c1-13-6-7-14(11-20)10-17(13)21-19(24)22-9-8-15-4-2-3-5-16(15)18(22)12-23/h2-7,10,18,23H,8-9,12H2,1H3,(H,21,24). The molecule has 24 heavy (non-hydrogen) atoms. The summed E-state index contributed by atoms with van der Waals surface area (Å²) in [5, 5.41) is 21.7. The summed E-state index contributed by atoms with van der Waals surface area (Å²) in [6, 6.07) is 14.5. The fourth-order valence-electron chi connectivity index (χ4n) is 3.10. The smallest absolute Gasteiger partial charge is 0.322 e. The first-order chi connectivity index (χ1) is 11.6. The molecule has 0 aromatic heterocycles. The van der Waals surface area contributed by atoms with Crippen molar-refractivity contribution in [3.05, 3.63) is 64.7 Å². The maximum absolute atomic E-state index is 12.7. The number of benzene rings is 2. The molecule has 2 aromatic rings. The molecule has 1 aliphatic heterocycles. The molecule has 0 saturated heterocycles. The number of anilines is 1. The fraction of sp³-hybridized carbons (Fsp3) is 0.263. The third kappa shape index (κ3) is 2.97. The Kier molecular flexibility index (Phi) is 4.50. The summed E-state index contributed by atoms with van der Waals surface area (Å²) in [7, 11) is 0. The van der Waals surface area contributed by atoms with Crippen LogP contribution in [-0.4, -0.2) is 29.2 Å². The predicted octanol–water partition coefficient (Wildman–Crippen LogP) is 2.99. The number of rotatable bonds is 2. The highest BCUT2D eigenvalue weighted by Gasteiger charge is 2.30. The van der Waals surface area contributed by atoms with Gasteiger partial charge in [0.1, 0.15) is 0 Å². The fourth-order valence-corrected chi connectivity index (χ4v) is 3.10. The number of carbonyl (C=O) groups excluding carboxylic acids is 1. The third-order valence-corrected chi connectivity index (χ3v) is 4.45. The van der Waals surface area contributed by atoms with Crippen LogP contribution in [0.2, 0.25) is 0 Å². The SMILES string of the molecule is Cc1ccc(C#N)cc1NC(=O)N1CCc2ccccc2C1CO. The van der Waals surface area contributed by atoms with Crippen molar-refractivity contribution in [3.8, 4) is 6.07 Å². The van der Waals surface area contributed by atoms with Crippen LogP contribution in [0.25, 0.3) is 0 Å². The van der Waals surface area contributed by atoms with Crippen LogP contribution in [0.3, 0.4) is 0 Å². The van der Waals surface area contributed by atoms with Gasteiger partial charge in [-0.05, 0) is 42.2 Å². The molecule has 1 heterocycles. The van der Waals surface area contributed by atoms with E-state index in [2.05, 4.69) is 11.4 Å². The highest BCUT2D eigenvalue weighted by atomic mass is 16.3. The van der Waals surface area contributed by atoms with Gasteiger partial charge in [-0.1, -0.05) is 30.3 Å². The lowest BCUT2D eigenvalue weighted by Gasteiger charge is -2.36. The Labute approximate surface area is 141 Å². The number of nitrogens with one attached hydrogen (secondary N) is 1. The maximum Gasteiger partial charge on any atom is 0.322 e. The lowest BCUT2D eigenvalue weighted by molar-refractivity contribution is 0.135. The van der Waals surface area contributed by atoms with E-state index in [1.807, 2.05) is 37.3 Å². The van der Waals surface area contributed by atoms with E-state index in [0.717, 1.165) is 17.5 Å². The molecule has 0 saturated carbocycles. The van der Waals surface area contributed by atoms with E-state index in [9.17, 15) is 9.90 Å². The maximum atomic E-state index is 12.7. The van der Waals surface area contributed by atoms with Crippen molar-refractivity contribution in [1.29, 1.82) is 5.26 Å². The van der Waals surface area contributed by atoms with Crippen molar-refractivity contribution in [1.82, 2.24) is 4.90 Å². The monoisotopic (exact) mass is 321 g/mol. The van der Waals surface area contributed by atoms with Gasteiger partial charge in [0.05, 0.1) is 24.3 Å². The highest BCUT2D eigenvalue weighted by Crippen LogP contribution is 2.30. The summed E-state index contributed by atoms with van der Waals surface area (Å²) in [5.74, 6) is 0. The number of hydrogen-bond donors (Lipinski definition) is 2. The van der Waals surface area contributed by atoms with Crippen LogP contribution in [0.15, 0.2) is 42.5 Å². The summed E-state index contributed by atoms with van der Waals surface area (Å²) >= 11 is 0. The molecule has 2 amide bonds. The molecule has 1 aliphatic rings. The van der Waals surface area contributed by atoms with Gasteiger partial charge in [0, 0.05) is 12.2 Å². The zero-order valence-electron chi connectivity index (χ0n) is 13.5. The molecule has 122 valence electrons. The normalized spacial score (nSPS) is 16.2. The van der Waals surface area contributed by atoms with Crippen molar-refractivity contribution < 1.29 is 9.90 Å². The van der Waals surface area contributed by atoms with E-state index < -0.39 is 0 Å². The van der Waals surface area contributed by atoms with Crippen molar-refractivity contribution in [3.63, 3.8) is 0 Å². The van der Waals surface area contributed by atoms with Crippen LogP contribution in [0.5, 0.6) is 0 Å². The number of aliphatic hydroxyl groups excluding tert-OH is 1. The number of hydrogen-bond acceptors (Lipinski definition) is 3. The molecule has 0 bridgehead atoms. The lowest BCUT2D eigenvalue weighted by atomic mass is 9.93. The van der Waals surface area contributed by atoms with Crippen LogP contribution in [0.1, 0.15) is 28.3 Å². The largest absolute Gasteiger partial charge is 0.394 e. The van der Waals surface area contributed by atoms with Gasteiger partial charge in [0.15, 0.2) is 0 Å². The number of nitriles is 1. The molecule has 0 aliphatic carbocycles. The van der Waals surface area contributed by atoms with Gasteiger partial charge in [-0.3, -0.25) is 0 Å². The van der Waals surface area contributed by atoms with Crippen LogP contribution >= 0.6 is 0 Å². The molecule has 5 heteroatoms. The second-order valence-corrected chi connectivity index (χ2v) is 5.91.